The number of hydrogen-bond acceptors (Lipinski definition) is 1. The van der Waals surface area contributed by atoms with E-state index < -0.39 is 0 Å². The second-order valence-corrected chi connectivity index (χ2v) is 8.98. The van der Waals surface area contributed by atoms with Crippen LogP contribution in [0.1, 0.15) is 98.3 Å². The van der Waals surface area contributed by atoms with Crippen LogP contribution < -0.4 is 5.32 Å². The molecule has 0 aromatic rings. The molecule has 2 fully saturated rings. The molecule has 2 rings (SSSR count). The van der Waals surface area contributed by atoms with Crippen molar-refractivity contribution >= 4 is 0 Å². The summed E-state index contributed by atoms with van der Waals surface area (Å²) in [5.74, 6) is 1.87. The van der Waals surface area contributed by atoms with Crippen molar-refractivity contribution in [2.45, 2.75) is 110 Å². The van der Waals surface area contributed by atoms with E-state index in [1.807, 2.05) is 0 Å². The van der Waals surface area contributed by atoms with Crippen molar-refractivity contribution in [1.82, 2.24) is 5.32 Å². The molecule has 3 atom stereocenters. The second kappa shape index (κ2) is 7.99. The van der Waals surface area contributed by atoms with Gasteiger partial charge in [-0.15, -0.1) is 0 Å². The summed E-state index contributed by atoms with van der Waals surface area (Å²) >= 11 is 0. The fraction of sp³-hybridized carbons (Fsp3) is 1.00. The van der Waals surface area contributed by atoms with Gasteiger partial charge >= 0.3 is 0 Å². The van der Waals surface area contributed by atoms with Crippen LogP contribution in [-0.4, -0.2) is 12.1 Å². The minimum Gasteiger partial charge on any atom is -0.311 e. The highest BCUT2D eigenvalue weighted by atomic mass is 14.9. The summed E-state index contributed by atoms with van der Waals surface area (Å²) in [7, 11) is 0. The average Bonchev–Trinajstić information content (AvgIpc) is 2.79. The smallest absolute Gasteiger partial charge is 0.00697 e. The van der Waals surface area contributed by atoms with Gasteiger partial charge in [-0.3, -0.25) is 0 Å². The fourth-order valence-electron chi connectivity index (χ4n) is 4.65. The Bertz CT molecular complexity index is 283. The Balaban J connectivity index is 1.79. The Labute approximate surface area is 133 Å². The van der Waals surface area contributed by atoms with E-state index in [1.54, 1.807) is 0 Å². The number of nitrogens with one attached hydrogen (secondary N) is 1. The fourth-order valence-corrected chi connectivity index (χ4v) is 4.65. The zero-order chi connectivity index (χ0) is 15.3. The highest BCUT2D eigenvalue weighted by molar-refractivity contribution is 4.84. The van der Waals surface area contributed by atoms with E-state index in [2.05, 4.69) is 33.0 Å². The molecule has 2 aliphatic rings. The molecule has 21 heavy (non-hydrogen) atoms. The lowest BCUT2D eigenvalue weighted by Gasteiger charge is -2.30. The Hall–Kier alpha value is -0.0400. The molecule has 0 heterocycles. The number of rotatable bonds is 3. The topological polar surface area (TPSA) is 12.0 Å². The van der Waals surface area contributed by atoms with Crippen molar-refractivity contribution in [3.05, 3.63) is 0 Å². The van der Waals surface area contributed by atoms with Crippen LogP contribution >= 0.6 is 0 Å². The zero-order valence-corrected chi connectivity index (χ0v) is 15.1. The first-order valence-electron chi connectivity index (χ1n) is 9.73. The molecule has 2 unspecified atom stereocenters. The third-order valence-corrected chi connectivity index (χ3v) is 6.30. The molecule has 0 bridgehead atoms. The third-order valence-electron chi connectivity index (χ3n) is 6.30. The second-order valence-electron chi connectivity index (χ2n) is 8.98. The lowest BCUT2D eigenvalue weighted by Crippen LogP contribution is -2.40. The van der Waals surface area contributed by atoms with E-state index in [0.29, 0.717) is 5.41 Å². The van der Waals surface area contributed by atoms with Crippen molar-refractivity contribution in [3.8, 4) is 0 Å². The largest absolute Gasteiger partial charge is 0.311 e. The molecule has 2 aliphatic carbocycles. The van der Waals surface area contributed by atoms with Gasteiger partial charge in [0.15, 0.2) is 0 Å². The molecule has 1 heteroatoms. The van der Waals surface area contributed by atoms with Crippen molar-refractivity contribution in [2.75, 3.05) is 0 Å². The Morgan fingerprint density at radius 2 is 1.43 bits per heavy atom. The van der Waals surface area contributed by atoms with Crippen LogP contribution in [-0.2, 0) is 0 Å². The van der Waals surface area contributed by atoms with E-state index in [1.165, 1.54) is 70.6 Å². The average molecular weight is 294 g/mol. The van der Waals surface area contributed by atoms with Crippen LogP contribution in [0, 0.1) is 17.3 Å². The van der Waals surface area contributed by atoms with E-state index in [4.69, 9.17) is 0 Å². The molecule has 2 saturated carbocycles. The first-order valence-corrected chi connectivity index (χ1v) is 9.73. The van der Waals surface area contributed by atoms with Crippen molar-refractivity contribution in [1.29, 1.82) is 0 Å². The van der Waals surface area contributed by atoms with Gasteiger partial charge in [0.05, 0.1) is 0 Å². The first kappa shape index (κ1) is 17.3. The van der Waals surface area contributed by atoms with E-state index in [9.17, 15) is 0 Å². The van der Waals surface area contributed by atoms with Gasteiger partial charge < -0.3 is 5.32 Å². The predicted molar refractivity (Wildman–Crippen MR) is 93.6 cm³/mol. The quantitative estimate of drug-likeness (QED) is 0.636. The summed E-state index contributed by atoms with van der Waals surface area (Å²) in [5, 5.41) is 4.03. The maximum atomic E-state index is 4.03. The normalized spacial score (nSPS) is 31.4. The molecule has 0 aliphatic heterocycles. The highest BCUT2D eigenvalue weighted by Crippen LogP contribution is 2.37. The van der Waals surface area contributed by atoms with Gasteiger partial charge in [-0.25, -0.2) is 0 Å². The Morgan fingerprint density at radius 1 is 0.762 bits per heavy atom. The van der Waals surface area contributed by atoms with Gasteiger partial charge in [0.2, 0.25) is 0 Å². The standard InChI is InChI=1S/C20H39N/c1-16(17-10-7-5-6-8-11-17)21-19-13-9-12-18(14-15-19)20(2,3)4/h16-19,21H,5-15H2,1-4H3/t16-,18?,19?/m1/s1. The van der Waals surface area contributed by atoms with Crippen LogP contribution in [0.5, 0.6) is 0 Å². The minimum absolute atomic E-state index is 0.502. The summed E-state index contributed by atoms with van der Waals surface area (Å²) in [6, 6.07) is 1.52. The van der Waals surface area contributed by atoms with E-state index in [0.717, 1.165) is 23.9 Å². The van der Waals surface area contributed by atoms with Crippen molar-refractivity contribution < 1.29 is 0 Å². The molecule has 0 spiro atoms. The van der Waals surface area contributed by atoms with Crippen molar-refractivity contribution in [2.24, 2.45) is 17.3 Å². The number of hydrogen-bond donors (Lipinski definition) is 1. The predicted octanol–water partition coefficient (Wildman–Crippen LogP) is 5.93. The molecule has 0 radical (unpaired) electrons. The van der Waals surface area contributed by atoms with Crippen LogP contribution in [0.4, 0.5) is 0 Å². The van der Waals surface area contributed by atoms with Crippen LogP contribution in [0.25, 0.3) is 0 Å². The van der Waals surface area contributed by atoms with E-state index in [-0.39, 0.29) is 0 Å². The molecule has 124 valence electrons. The highest BCUT2D eigenvalue weighted by Gasteiger charge is 2.29. The summed E-state index contributed by atoms with van der Waals surface area (Å²) in [6.07, 6.45) is 15.9. The lowest BCUT2D eigenvalue weighted by atomic mass is 9.76. The molecule has 1 nitrogen and oxygen atoms in total. The van der Waals surface area contributed by atoms with Gasteiger partial charge in [0, 0.05) is 12.1 Å². The third kappa shape index (κ3) is 5.58. The van der Waals surface area contributed by atoms with Gasteiger partial charge in [-0.1, -0.05) is 52.9 Å². The Kier molecular flexibility index (Phi) is 6.59. The maximum absolute atomic E-state index is 4.03. The van der Waals surface area contributed by atoms with Crippen LogP contribution in [0.2, 0.25) is 0 Å². The first-order chi connectivity index (χ1) is 9.97. The van der Waals surface area contributed by atoms with Crippen LogP contribution in [0.15, 0.2) is 0 Å². The summed E-state index contributed by atoms with van der Waals surface area (Å²) in [6.45, 7) is 9.75. The van der Waals surface area contributed by atoms with Gasteiger partial charge in [0.25, 0.3) is 0 Å². The Morgan fingerprint density at radius 3 is 2.05 bits per heavy atom. The lowest BCUT2D eigenvalue weighted by molar-refractivity contribution is 0.212. The summed E-state index contributed by atoms with van der Waals surface area (Å²) in [4.78, 5) is 0. The molecule has 1 N–H and O–H groups in total. The van der Waals surface area contributed by atoms with Crippen LogP contribution in [0.3, 0.4) is 0 Å². The maximum Gasteiger partial charge on any atom is 0.00697 e. The zero-order valence-electron chi connectivity index (χ0n) is 15.1. The van der Waals surface area contributed by atoms with Gasteiger partial charge in [0.1, 0.15) is 0 Å². The minimum atomic E-state index is 0.502. The summed E-state index contributed by atoms with van der Waals surface area (Å²) < 4.78 is 0. The molecular weight excluding hydrogens is 254 g/mol. The van der Waals surface area contributed by atoms with Crippen molar-refractivity contribution in [3.63, 3.8) is 0 Å². The molecule has 0 aromatic heterocycles. The molecule has 0 saturated heterocycles. The van der Waals surface area contributed by atoms with E-state index >= 15 is 0 Å². The molecule has 0 aromatic carbocycles. The summed E-state index contributed by atoms with van der Waals surface area (Å²) in [5.41, 5.74) is 0.502. The SMILES string of the molecule is C[C@@H](NC1CCCC(C(C)(C)C)CC1)C1CCCCCC1. The molecular formula is C20H39N. The van der Waals surface area contributed by atoms with Gasteiger partial charge in [-0.2, -0.15) is 0 Å². The monoisotopic (exact) mass is 293 g/mol. The van der Waals surface area contributed by atoms with Gasteiger partial charge in [-0.05, 0) is 62.7 Å². The molecule has 0 amide bonds.